The molecule has 1 amide bonds. The molecule has 2 heterocycles. The number of carbonyl (C=O) groups is 1. The first-order valence-corrected chi connectivity index (χ1v) is 8.42. The van der Waals surface area contributed by atoms with Gasteiger partial charge in [-0.25, -0.2) is 4.98 Å². The van der Waals surface area contributed by atoms with Gasteiger partial charge in [0, 0.05) is 18.8 Å². The molecule has 1 saturated carbocycles. The van der Waals surface area contributed by atoms with Crippen molar-refractivity contribution in [2.45, 2.75) is 58.4 Å². The highest BCUT2D eigenvalue weighted by molar-refractivity contribution is 5.75. The van der Waals surface area contributed by atoms with E-state index in [4.69, 9.17) is 0 Å². The van der Waals surface area contributed by atoms with Crippen molar-refractivity contribution >= 4 is 11.6 Å². The number of imidazole rings is 1. The average Bonchev–Trinajstić information content (AvgIpc) is 2.96. The Morgan fingerprint density at radius 2 is 2.18 bits per heavy atom. The van der Waals surface area contributed by atoms with E-state index in [0.29, 0.717) is 13.0 Å². The summed E-state index contributed by atoms with van der Waals surface area (Å²) in [5.41, 5.74) is 3.03. The van der Waals surface area contributed by atoms with Crippen LogP contribution in [-0.4, -0.2) is 15.3 Å². The minimum atomic E-state index is 0.152. The number of amides is 1. The summed E-state index contributed by atoms with van der Waals surface area (Å²) in [5, 5.41) is 3.00. The molecule has 1 fully saturated rings. The molecule has 4 heteroatoms. The van der Waals surface area contributed by atoms with Crippen LogP contribution in [0.3, 0.4) is 0 Å². The van der Waals surface area contributed by atoms with E-state index in [9.17, 15) is 4.79 Å². The van der Waals surface area contributed by atoms with E-state index >= 15 is 0 Å². The fourth-order valence-corrected chi connectivity index (χ4v) is 3.38. The normalized spacial score (nSPS) is 16.0. The van der Waals surface area contributed by atoms with Gasteiger partial charge in [-0.15, -0.1) is 0 Å². The second kappa shape index (κ2) is 6.95. The Labute approximate surface area is 131 Å². The first kappa shape index (κ1) is 15.1. The Hall–Kier alpha value is -1.84. The van der Waals surface area contributed by atoms with E-state index in [0.717, 1.165) is 29.2 Å². The van der Waals surface area contributed by atoms with Gasteiger partial charge in [0.2, 0.25) is 5.91 Å². The van der Waals surface area contributed by atoms with Crippen molar-refractivity contribution in [3.63, 3.8) is 0 Å². The summed E-state index contributed by atoms with van der Waals surface area (Å²) >= 11 is 0. The molecule has 4 nitrogen and oxygen atoms in total. The zero-order chi connectivity index (χ0) is 15.4. The molecule has 0 aliphatic heterocycles. The van der Waals surface area contributed by atoms with Gasteiger partial charge in [-0.2, -0.15) is 0 Å². The molecule has 0 unspecified atom stereocenters. The molecule has 118 valence electrons. The molecule has 1 aliphatic rings. The number of fused-ring (bicyclic) bond motifs is 1. The Kier molecular flexibility index (Phi) is 4.76. The SMILES string of the molecule is Cc1cccn2cc(CNC(=O)CCC3CCCCC3)nc12. The highest BCUT2D eigenvalue weighted by Crippen LogP contribution is 2.27. The van der Waals surface area contributed by atoms with Crippen LogP contribution >= 0.6 is 0 Å². The number of nitrogens with zero attached hydrogens (tertiary/aromatic N) is 2. The molecule has 1 aliphatic carbocycles. The maximum atomic E-state index is 12.0. The van der Waals surface area contributed by atoms with E-state index in [1.165, 1.54) is 32.1 Å². The van der Waals surface area contributed by atoms with E-state index in [-0.39, 0.29) is 5.91 Å². The molecule has 3 rings (SSSR count). The maximum Gasteiger partial charge on any atom is 0.220 e. The minimum absolute atomic E-state index is 0.152. The van der Waals surface area contributed by atoms with Gasteiger partial charge in [-0.1, -0.05) is 38.2 Å². The van der Waals surface area contributed by atoms with Crippen molar-refractivity contribution in [2.24, 2.45) is 5.92 Å². The van der Waals surface area contributed by atoms with Gasteiger partial charge >= 0.3 is 0 Å². The van der Waals surface area contributed by atoms with Crippen LogP contribution in [-0.2, 0) is 11.3 Å². The number of carbonyl (C=O) groups excluding carboxylic acids is 1. The van der Waals surface area contributed by atoms with Gasteiger partial charge in [0.15, 0.2) is 0 Å². The van der Waals surface area contributed by atoms with Crippen molar-refractivity contribution in [1.82, 2.24) is 14.7 Å². The average molecular weight is 299 g/mol. The molecule has 22 heavy (non-hydrogen) atoms. The zero-order valence-corrected chi connectivity index (χ0v) is 13.3. The van der Waals surface area contributed by atoms with Gasteiger partial charge in [0.25, 0.3) is 0 Å². The third kappa shape index (κ3) is 3.67. The van der Waals surface area contributed by atoms with Crippen LogP contribution in [0.5, 0.6) is 0 Å². The second-order valence-electron chi connectivity index (χ2n) is 6.47. The van der Waals surface area contributed by atoms with Crippen LogP contribution in [0, 0.1) is 12.8 Å². The molecule has 2 aromatic heterocycles. The van der Waals surface area contributed by atoms with Crippen LogP contribution in [0.2, 0.25) is 0 Å². The van der Waals surface area contributed by atoms with Crippen molar-refractivity contribution in [3.8, 4) is 0 Å². The number of hydrogen-bond donors (Lipinski definition) is 1. The standard InChI is InChI=1S/C18H25N3O/c1-14-6-5-11-21-13-16(20-18(14)21)12-19-17(22)10-9-15-7-3-2-4-8-15/h5-6,11,13,15H,2-4,7-10,12H2,1H3,(H,19,22). The maximum absolute atomic E-state index is 12.0. The van der Waals surface area contributed by atoms with Crippen molar-refractivity contribution in [3.05, 3.63) is 35.8 Å². The number of aromatic nitrogens is 2. The number of rotatable bonds is 5. The predicted molar refractivity (Wildman–Crippen MR) is 87.6 cm³/mol. The summed E-state index contributed by atoms with van der Waals surface area (Å²) < 4.78 is 2.01. The lowest BCUT2D eigenvalue weighted by molar-refractivity contribution is -0.121. The molecule has 1 N–H and O–H groups in total. The lowest BCUT2D eigenvalue weighted by Gasteiger charge is -2.20. The Bertz CT molecular complexity index is 641. The first-order chi connectivity index (χ1) is 10.7. The lowest BCUT2D eigenvalue weighted by atomic mass is 9.86. The topological polar surface area (TPSA) is 46.4 Å². The largest absolute Gasteiger partial charge is 0.350 e. The number of pyridine rings is 1. The van der Waals surface area contributed by atoms with Crippen LogP contribution in [0.1, 0.15) is 56.2 Å². The second-order valence-corrected chi connectivity index (χ2v) is 6.47. The van der Waals surface area contributed by atoms with Crippen molar-refractivity contribution in [2.75, 3.05) is 0 Å². The summed E-state index contributed by atoms with van der Waals surface area (Å²) in [6, 6.07) is 4.06. The van der Waals surface area contributed by atoms with E-state index in [1.54, 1.807) is 0 Å². The van der Waals surface area contributed by atoms with Gasteiger partial charge in [0.1, 0.15) is 5.65 Å². The quantitative estimate of drug-likeness (QED) is 0.916. The van der Waals surface area contributed by atoms with Crippen molar-refractivity contribution in [1.29, 1.82) is 0 Å². The first-order valence-electron chi connectivity index (χ1n) is 8.42. The van der Waals surface area contributed by atoms with Crippen LogP contribution in [0.15, 0.2) is 24.5 Å². The molecule has 0 bridgehead atoms. The van der Waals surface area contributed by atoms with E-state index in [1.807, 2.05) is 22.9 Å². The monoisotopic (exact) mass is 299 g/mol. The summed E-state index contributed by atoms with van der Waals surface area (Å²) in [6.07, 6.45) is 12.3. The number of nitrogens with one attached hydrogen (secondary N) is 1. The Balaban J connectivity index is 1.48. The summed E-state index contributed by atoms with van der Waals surface area (Å²) in [6.45, 7) is 2.57. The van der Waals surface area contributed by atoms with E-state index in [2.05, 4.69) is 23.3 Å². The Morgan fingerprint density at radius 3 is 2.95 bits per heavy atom. The highest BCUT2D eigenvalue weighted by atomic mass is 16.1. The predicted octanol–water partition coefficient (Wildman–Crippen LogP) is 3.62. The molecule has 0 atom stereocenters. The molecular weight excluding hydrogens is 274 g/mol. The number of hydrogen-bond acceptors (Lipinski definition) is 2. The van der Waals surface area contributed by atoms with Gasteiger partial charge in [-0.05, 0) is 30.9 Å². The Morgan fingerprint density at radius 1 is 1.36 bits per heavy atom. The smallest absolute Gasteiger partial charge is 0.220 e. The molecular formula is C18H25N3O. The molecule has 0 saturated heterocycles. The molecule has 2 aromatic rings. The van der Waals surface area contributed by atoms with Crippen LogP contribution in [0.4, 0.5) is 0 Å². The zero-order valence-electron chi connectivity index (χ0n) is 13.3. The van der Waals surface area contributed by atoms with E-state index < -0.39 is 0 Å². The van der Waals surface area contributed by atoms with Gasteiger partial charge in [0.05, 0.1) is 12.2 Å². The lowest BCUT2D eigenvalue weighted by Crippen LogP contribution is -2.23. The number of aryl methyl sites for hydroxylation is 1. The third-order valence-electron chi connectivity index (χ3n) is 4.70. The molecule has 0 spiro atoms. The third-order valence-corrected chi connectivity index (χ3v) is 4.70. The molecule has 0 aromatic carbocycles. The van der Waals surface area contributed by atoms with Gasteiger partial charge < -0.3 is 9.72 Å². The van der Waals surface area contributed by atoms with Crippen LogP contribution < -0.4 is 5.32 Å². The fraction of sp³-hybridized carbons (Fsp3) is 0.556. The van der Waals surface area contributed by atoms with Gasteiger partial charge in [-0.3, -0.25) is 4.79 Å². The molecule has 0 radical (unpaired) electrons. The van der Waals surface area contributed by atoms with Crippen molar-refractivity contribution < 1.29 is 4.79 Å². The minimum Gasteiger partial charge on any atom is -0.350 e. The summed E-state index contributed by atoms with van der Waals surface area (Å²) in [4.78, 5) is 16.6. The highest BCUT2D eigenvalue weighted by Gasteiger charge is 2.14. The summed E-state index contributed by atoms with van der Waals surface area (Å²) in [5.74, 6) is 0.914. The summed E-state index contributed by atoms with van der Waals surface area (Å²) in [7, 11) is 0. The van der Waals surface area contributed by atoms with Crippen LogP contribution in [0.25, 0.3) is 5.65 Å². The fourth-order valence-electron chi connectivity index (χ4n) is 3.38.